The van der Waals surface area contributed by atoms with Crippen LogP contribution < -0.4 is 4.74 Å². The highest BCUT2D eigenvalue weighted by Crippen LogP contribution is 2.31. The van der Waals surface area contributed by atoms with Gasteiger partial charge in [0.25, 0.3) is 10.0 Å². The molecule has 29 heavy (non-hydrogen) atoms. The van der Waals surface area contributed by atoms with Crippen molar-refractivity contribution in [2.75, 3.05) is 20.2 Å². The summed E-state index contributed by atoms with van der Waals surface area (Å²) in [6.45, 7) is 0.915. The summed E-state index contributed by atoms with van der Waals surface area (Å²) in [5.74, 6) is 0.827. The van der Waals surface area contributed by atoms with Crippen molar-refractivity contribution in [3.05, 3.63) is 60.7 Å². The highest BCUT2D eigenvalue weighted by Gasteiger charge is 2.32. The SMILES string of the molecule is COc1cccc(-c2cccc([C@H]3CCCN(S(=O)(=O)c4cn(C)cn4)C3)n2)c1. The van der Waals surface area contributed by atoms with E-state index in [2.05, 4.69) is 4.98 Å². The van der Waals surface area contributed by atoms with Crippen LogP contribution >= 0.6 is 0 Å². The maximum Gasteiger partial charge on any atom is 0.262 e. The summed E-state index contributed by atoms with van der Waals surface area (Å²) in [5, 5.41) is 0.0961. The van der Waals surface area contributed by atoms with Crippen molar-refractivity contribution >= 4 is 10.0 Å². The third kappa shape index (κ3) is 4.04. The zero-order valence-electron chi connectivity index (χ0n) is 16.5. The van der Waals surface area contributed by atoms with E-state index in [0.717, 1.165) is 35.5 Å². The smallest absolute Gasteiger partial charge is 0.262 e. The fraction of sp³-hybridized carbons (Fsp3) is 0.333. The first-order valence-electron chi connectivity index (χ1n) is 9.57. The molecule has 1 aliphatic rings. The molecule has 8 heteroatoms. The van der Waals surface area contributed by atoms with Crippen LogP contribution in [0.25, 0.3) is 11.3 Å². The number of pyridine rings is 1. The molecule has 0 spiro atoms. The monoisotopic (exact) mass is 412 g/mol. The van der Waals surface area contributed by atoms with Crippen LogP contribution in [0.1, 0.15) is 24.5 Å². The normalized spacial score (nSPS) is 17.9. The molecule has 0 radical (unpaired) electrons. The molecule has 4 rings (SSSR count). The van der Waals surface area contributed by atoms with Crippen LogP contribution in [0.5, 0.6) is 5.75 Å². The minimum absolute atomic E-state index is 0.0489. The Hall–Kier alpha value is -2.71. The lowest BCUT2D eigenvalue weighted by Crippen LogP contribution is -2.39. The van der Waals surface area contributed by atoms with E-state index in [4.69, 9.17) is 9.72 Å². The number of piperidine rings is 1. The van der Waals surface area contributed by atoms with Crippen molar-refractivity contribution in [2.24, 2.45) is 7.05 Å². The van der Waals surface area contributed by atoms with Gasteiger partial charge in [0.1, 0.15) is 5.75 Å². The maximum atomic E-state index is 13.0. The average Bonchev–Trinajstić information content (AvgIpc) is 3.21. The summed E-state index contributed by atoms with van der Waals surface area (Å²) in [7, 11) is -0.193. The van der Waals surface area contributed by atoms with E-state index in [9.17, 15) is 8.42 Å². The predicted molar refractivity (Wildman–Crippen MR) is 110 cm³/mol. The molecule has 1 aliphatic heterocycles. The summed E-state index contributed by atoms with van der Waals surface area (Å²) >= 11 is 0. The number of hydrogen-bond donors (Lipinski definition) is 0. The Bertz CT molecular complexity index is 1110. The molecular weight excluding hydrogens is 388 g/mol. The van der Waals surface area contributed by atoms with Gasteiger partial charge in [-0.15, -0.1) is 0 Å². The van der Waals surface area contributed by atoms with Gasteiger partial charge in [-0.3, -0.25) is 4.98 Å². The standard InChI is InChI=1S/C21H24N4O3S/c1-24-14-21(22-15-24)29(26,27)25-11-5-7-17(13-25)20-10-4-9-19(23-20)16-6-3-8-18(12-16)28-2/h3-4,6,8-10,12,14-15,17H,5,7,11,13H2,1-2H3/t17-/m0/s1. The van der Waals surface area contributed by atoms with Gasteiger partial charge < -0.3 is 9.30 Å². The molecule has 0 amide bonds. The maximum absolute atomic E-state index is 13.0. The predicted octanol–water partition coefficient (Wildman–Crippen LogP) is 3.06. The molecule has 0 saturated carbocycles. The number of rotatable bonds is 5. The van der Waals surface area contributed by atoms with E-state index in [0.29, 0.717) is 13.1 Å². The number of hydrogen-bond acceptors (Lipinski definition) is 5. The van der Waals surface area contributed by atoms with Crippen molar-refractivity contribution in [1.82, 2.24) is 18.8 Å². The van der Waals surface area contributed by atoms with E-state index in [1.54, 1.807) is 24.9 Å². The van der Waals surface area contributed by atoms with E-state index in [1.165, 1.54) is 10.6 Å². The number of nitrogens with zero attached hydrogens (tertiary/aromatic N) is 4. The van der Waals surface area contributed by atoms with Gasteiger partial charge in [-0.05, 0) is 37.1 Å². The van der Waals surface area contributed by atoms with Gasteiger partial charge in [-0.25, -0.2) is 13.4 Å². The van der Waals surface area contributed by atoms with Crippen molar-refractivity contribution in [2.45, 2.75) is 23.8 Å². The van der Waals surface area contributed by atoms with E-state index in [-0.39, 0.29) is 10.9 Å². The third-order valence-corrected chi connectivity index (χ3v) is 6.97. The Morgan fingerprint density at radius 3 is 2.76 bits per heavy atom. The van der Waals surface area contributed by atoms with Crippen molar-refractivity contribution < 1.29 is 13.2 Å². The Kier molecular flexibility index (Phi) is 5.38. The van der Waals surface area contributed by atoms with Crippen molar-refractivity contribution in [3.8, 4) is 17.0 Å². The van der Waals surface area contributed by atoms with Crippen LogP contribution in [0.4, 0.5) is 0 Å². The number of ether oxygens (including phenoxy) is 1. The summed E-state index contributed by atoms with van der Waals surface area (Å²) in [6.07, 6.45) is 4.75. The molecule has 152 valence electrons. The average molecular weight is 413 g/mol. The van der Waals surface area contributed by atoms with Gasteiger partial charge in [0.2, 0.25) is 0 Å². The molecule has 0 N–H and O–H groups in total. The van der Waals surface area contributed by atoms with Crippen LogP contribution in [-0.4, -0.2) is 47.5 Å². The minimum Gasteiger partial charge on any atom is -0.497 e. The van der Waals surface area contributed by atoms with Gasteiger partial charge in [-0.1, -0.05) is 18.2 Å². The zero-order valence-corrected chi connectivity index (χ0v) is 17.3. The molecule has 0 bridgehead atoms. The molecule has 7 nitrogen and oxygen atoms in total. The second-order valence-corrected chi connectivity index (χ2v) is 9.14. The summed E-state index contributed by atoms with van der Waals surface area (Å²) in [6, 6.07) is 13.7. The molecular formula is C21H24N4O3S. The number of aromatic nitrogens is 3. The summed E-state index contributed by atoms with van der Waals surface area (Å²) in [4.78, 5) is 8.88. The van der Waals surface area contributed by atoms with Crippen LogP contribution in [0.15, 0.2) is 60.0 Å². The number of methoxy groups -OCH3 is 1. The molecule has 1 saturated heterocycles. The van der Waals surface area contributed by atoms with Crippen molar-refractivity contribution in [1.29, 1.82) is 0 Å². The Balaban J connectivity index is 1.59. The second-order valence-electron chi connectivity index (χ2n) is 7.26. The van der Waals surface area contributed by atoms with Gasteiger partial charge in [0.05, 0.1) is 19.1 Å². The number of sulfonamides is 1. The molecule has 3 heterocycles. The van der Waals surface area contributed by atoms with E-state index in [1.807, 2.05) is 42.5 Å². The van der Waals surface area contributed by atoms with E-state index >= 15 is 0 Å². The summed E-state index contributed by atoms with van der Waals surface area (Å²) < 4.78 is 34.4. The number of benzene rings is 1. The Labute approximate surface area is 171 Å². The first-order valence-corrected chi connectivity index (χ1v) is 11.0. The zero-order chi connectivity index (χ0) is 20.4. The topological polar surface area (TPSA) is 77.3 Å². The van der Waals surface area contributed by atoms with Crippen LogP contribution in [0.2, 0.25) is 0 Å². The molecule has 2 aromatic heterocycles. The van der Waals surface area contributed by atoms with Crippen LogP contribution in [0, 0.1) is 0 Å². The molecule has 1 fully saturated rings. The van der Waals surface area contributed by atoms with Crippen LogP contribution in [0.3, 0.4) is 0 Å². The van der Waals surface area contributed by atoms with Gasteiger partial charge in [-0.2, -0.15) is 4.31 Å². The fourth-order valence-corrected chi connectivity index (χ4v) is 5.17. The third-order valence-electron chi connectivity index (χ3n) is 5.22. The highest BCUT2D eigenvalue weighted by molar-refractivity contribution is 7.89. The van der Waals surface area contributed by atoms with Crippen molar-refractivity contribution in [3.63, 3.8) is 0 Å². The van der Waals surface area contributed by atoms with Gasteiger partial charge >= 0.3 is 0 Å². The second kappa shape index (κ2) is 7.96. The largest absolute Gasteiger partial charge is 0.497 e. The quantitative estimate of drug-likeness (QED) is 0.644. The highest BCUT2D eigenvalue weighted by atomic mass is 32.2. The molecule has 0 aliphatic carbocycles. The first kappa shape index (κ1) is 19.6. The number of aryl methyl sites for hydroxylation is 1. The Morgan fingerprint density at radius 1 is 1.17 bits per heavy atom. The molecule has 3 aromatic rings. The van der Waals surface area contributed by atoms with Crippen LogP contribution in [-0.2, 0) is 17.1 Å². The summed E-state index contributed by atoms with van der Waals surface area (Å²) in [5.41, 5.74) is 2.73. The minimum atomic E-state index is -3.60. The lowest BCUT2D eigenvalue weighted by molar-refractivity contribution is 0.312. The van der Waals surface area contributed by atoms with Gasteiger partial charge in [0, 0.05) is 43.5 Å². The lowest BCUT2D eigenvalue weighted by Gasteiger charge is -2.31. The lowest BCUT2D eigenvalue weighted by atomic mass is 9.95. The fourth-order valence-electron chi connectivity index (χ4n) is 3.68. The van der Waals surface area contributed by atoms with Gasteiger partial charge in [0.15, 0.2) is 5.03 Å². The van der Waals surface area contributed by atoms with E-state index < -0.39 is 10.0 Å². The molecule has 1 aromatic carbocycles. The molecule has 1 atom stereocenters. The Morgan fingerprint density at radius 2 is 2.00 bits per heavy atom. The molecule has 0 unspecified atom stereocenters. The first-order chi connectivity index (χ1) is 14.0. The number of imidazole rings is 1.